The Labute approximate surface area is 244 Å². The van der Waals surface area contributed by atoms with Crippen LogP contribution < -0.4 is 31.4 Å². The second-order valence-electron chi connectivity index (χ2n) is 7.46. The molecule has 0 saturated carbocycles. The molecule has 0 aliphatic rings. The third-order valence-corrected chi connectivity index (χ3v) is 4.58. The van der Waals surface area contributed by atoms with E-state index in [2.05, 4.69) is 44.9 Å². The van der Waals surface area contributed by atoms with Gasteiger partial charge in [-0.3, -0.25) is 15.0 Å². The molecule has 0 fully saturated rings. The molecule has 0 aliphatic carbocycles. The summed E-state index contributed by atoms with van der Waals surface area (Å²) in [5.74, 6) is 2.05. The van der Waals surface area contributed by atoms with E-state index >= 15 is 0 Å². The van der Waals surface area contributed by atoms with E-state index in [-0.39, 0.29) is 20.1 Å². The molecule has 0 N–H and O–H groups in total. The van der Waals surface area contributed by atoms with Crippen molar-refractivity contribution < 1.29 is 20.1 Å². The minimum absolute atomic E-state index is 0. The summed E-state index contributed by atoms with van der Waals surface area (Å²) in [6, 6.07) is 33.6. The fourth-order valence-corrected chi connectivity index (χ4v) is 2.87. The number of hydrogen-bond donors (Lipinski definition) is 0. The molecule has 0 aromatic carbocycles. The zero-order valence-electron chi connectivity index (χ0n) is 21.2. The molecule has 40 heavy (non-hydrogen) atoms. The summed E-state index contributed by atoms with van der Waals surface area (Å²) in [5, 5.41) is 0. The van der Waals surface area contributed by atoms with Crippen molar-refractivity contribution >= 4 is 17.5 Å². The first-order valence-electron chi connectivity index (χ1n) is 12.0. The Balaban J connectivity index is 0.000000163. The van der Waals surface area contributed by atoms with E-state index in [4.69, 9.17) is 0 Å². The molecule has 0 aliphatic heterocycles. The average Bonchev–Trinajstić information content (AvgIpc) is 3.01. The smallest absolute Gasteiger partial charge is 0.443 e. The maximum absolute atomic E-state index is 4.22. The summed E-state index contributed by atoms with van der Waals surface area (Å²) in [5.41, 5.74) is 2.05. The molecule has 6 aromatic heterocycles. The van der Waals surface area contributed by atoms with Gasteiger partial charge in [-0.25, -0.2) is 0 Å². The van der Waals surface area contributed by atoms with Crippen LogP contribution in [0.2, 0.25) is 0 Å². The normalized spacial score (nSPS) is 11.2. The van der Waals surface area contributed by atoms with Crippen LogP contribution in [0.25, 0.3) is 0 Å². The van der Waals surface area contributed by atoms with Gasteiger partial charge in [0.1, 0.15) is 0 Å². The summed E-state index contributed by atoms with van der Waals surface area (Å²) < 4.78 is 0. The molecule has 10 heteroatoms. The Bertz CT molecular complexity index is 1450. The van der Waals surface area contributed by atoms with Crippen molar-refractivity contribution in [2.24, 2.45) is 15.0 Å². The largest absolute Gasteiger partial charge is 3.00 e. The number of nitrogens with zero attached hydrogens (tertiary/aromatic N) is 9. The molecule has 0 amide bonds. The maximum Gasteiger partial charge on any atom is 3.00 e. The minimum Gasteiger partial charge on any atom is -0.443 e. The van der Waals surface area contributed by atoms with E-state index < -0.39 is 0 Å². The SMILES string of the molecule is [Ir+3].c1ccc(N=c2cccc[n-]2)nc1.c1ccc(N=c2cccc[n-]2)nc1.c1ccc(N=c2cccc[n-]2)nc1. The zero-order valence-corrected chi connectivity index (χ0v) is 23.6. The monoisotopic (exact) mass is 703 g/mol. The van der Waals surface area contributed by atoms with E-state index in [0.717, 1.165) is 0 Å². The van der Waals surface area contributed by atoms with Crippen molar-refractivity contribution in [2.75, 3.05) is 0 Å². The predicted molar refractivity (Wildman–Crippen MR) is 148 cm³/mol. The minimum atomic E-state index is 0. The van der Waals surface area contributed by atoms with Gasteiger partial charge in [0.15, 0.2) is 0 Å². The maximum atomic E-state index is 4.22. The van der Waals surface area contributed by atoms with Crippen LogP contribution in [-0.4, -0.2) is 15.0 Å². The van der Waals surface area contributed by atoms with E-state index in [0.29, 0.717) is 33.9 Å². The van der Waals surface area contributed by atoms with Crippen LogP contribution in [-0.2, 0) is 20.1 Å². The van der Waals surface area contributed by atoms with Gasteiger partial charge in [0.05, 0.1) is 17.5 Å². The molecule has 9 nitrogen and oxygen atoms in total. The Morgan fingerprint density at radius 2 is 0.675 bits per heavy atom. The molecule has 6 heterocycles. The number of hydrogen-bond acceptors (Lipinski definition) is 6. The van der Waals surface area contributed by atoms with Crippen molar-refractivity contribution in [3.05, 3.63) is 163 Å². The third kappa shape index (κ3) is 11.1. The quantitative estimate of drug-likeness (QED) is 0.277. The molecular formula is C30H24IrN9. The van der Waals surface area contributed by atoms with Crippen molar-refractivity contribution in [3.63, 3.8) is 0 Å². The number of aromatic nitrogens is 6. The van der Waals surface area contributed by atoms with Crippen molar-refractivity contribution in [1.82, 2.24) is 29.9 Å². The van der Waals surface area contributed by atoms with Crippen LogP contribution in [0.4, 0.5) is 17.5 Å². The third-order valence-electron chi connectivity index (χ3n) is 4.58. The van der Waals surface area contributed by atoms with E-state index in [1.807, 2.05) is 109 Å². The Hall–Kier alpha value is -5.05. The molecular weight excluding hydrogens is 679 g/mol. The topological polar surface area (TPSA) is 118 Å². The van der Waals surface area contributed by atoms with E-state index in [1.54, 1.807) is 37.2 Å². The molecule has 6 rings (SSSR count). The van der Waals surface area contributed by atoms with Gasteiger partial charge in [-0.05, 0) is 36.4 Å². The van der Waals surface area contributed by atoms with E-state index in [9.17, 15) is 0 Å². The molecule has 0 saturated heterocycles. The molecule has 0 unspecified atom stereocenters. The Kier molecular flexibility index (Phi) is 12.9. The van der Waals surface area contributed by atoms with Crippen LogP contribution in [0.5, 0.6) is 0 Å². The van der Waals surface area contributed by atoms with Crippen molar-refractivity contribution in [1.29, 1.82) is 0 Å². The molecule has 0 spiro atoms. The molecule has 0 bridgehead atoms. The summed E-state index contributed by atoms with van der Waals surface area (Å²) >= 11 is 0. The number of rotatable bonds is 3. The molecule has 0 atom stereocenters. The van der Waals surface area contributed by atoms with Gasteiger partial charge in [-0.15, -0.1) is 0 Å². The second-order valence-corrected chi connectivity index (χ2v) is 7.46. The zero-order chi connectivity index (χ0) is 26.8. The Morgan fingerprint density at radius 1 is 0.375 bits per heavy atom. The first-order valence-corrected chi connectivity index (χ1v) is 12.0. The fourth-order valence-electron chi connectivity index (χ4n) is 2.87. The van der Waals surface area contributed by atoms with Gasteiger partial charge in [0.25, 0.3) is 0 Å². The predicted octanol–water partition coefficient (Wildman–Crippen LogP) is 3.81. The van der Waals surface area contributed by atoms with Crippen LogP contribution >= 0.6 is 0 Å². The first kappa shape index (κ1) is 29.5. The standard InChI is InChI=1S/3C10H8N3.Ir/c3*1-3-7-11-9(5-1)13-10-6-2-4-8-12-10;/h3*1-8H;/q3*-1;+3. The summed E-state index contributed by atoms with van der Waals surface area (Å²) in [4.78, 5) is 37.1. The van der Waals surface area contributed by atoms with Crippen molar-refractivity contribution in [2.45, 2.75) is 0 Å². The first-order chi connectivity index (χ1) is 19.3. The second kappa shape index (κ2) is 17.5. The van der Waals surface area contributed by atoms with Crippen LogP contribution in [0.1, 0.15) is 0 Å². The summed E-state index contributed by atoms with van der Waals surface area (Å²) in [7, 11) is 0. The molecule has 198 valence electrons. The number of pyridine rings is 6. The van der Waals surface area contributed by atoms with Gasteiger partial charge >= 0.3 is 20.1 Å². The van der Waals surface area contributed by atoms with Crippen LogP contribution in [0.3, 0.4) is 0 Å². The van der Waals surface area contributed by atoms with Gasteiger partial charge in [0, 0.05) is 18.6 Å². The molecule has 0 radical (unpaired) electrons. The fraction of sp³-hybridized carbons (Fsp3) is 0. The van der Waals surface area contributed by atoms with E-state index in [1.165, 1.54) is 0 Å². The van der Waals surface area contributed by atoms with Gasteiger partial charge in [-0.1, -0.05) is 108 Å². The summed E-state index contributed by atoms with van der Waals surface area (Å²) in [6.07, 6.45) is 10.3. The Morgan fingerprint density at radius 3 is 0.900 bits per heavy atom. The van der Waals surface area contributed by atoms with Crippen LogP contribution in [0.15, 0.2) is 161 Å². The summed E-state index contributed by atoms with van der Waals surface area (Å²) in [6.45, 7) is 0. The van der Waals surface area contributed by atoms with Gasteiger partial charge in [-0.2, -0.15) is 0 Å². The molecule has 6 aromatic rings. The van der Waals surface area contributed by atoms with Gasteiger partial charge < -0.3 is 29.9 Å². The average molecular weight is 703 g/mol. The van der Waals surface area contributed by atoms with Crippen LogP contribution in [0, 0.1) is 0 Å². The van der Waals surface area contributed by atoms with Crippen molar-refractivity contribution in [3.8, 4) is 0 Å². The van der Waals surface area contributed by atoms with Gasteiger partial charge in [0.2, 0.25) is 0 Å².